The van der Waals surface area contributed by atoms with Crippen molar-refractivity contribution in [2.24, 2.45) is 11.8 Å². The van der Waals surface area contributed by atoms with Gasteiger partial charge in [-0.25, -0.2) is 0 Å². The molecule has 0 saturated heterocycles. The molecule has 1 rings (SSSR count). The van der Waals surface area contributed by atoms with Gasteiger partial charge in [0.1, 0.15) is 6.61 Å². The second-order valence-corrected chi connectivity index (χ2v) is 8.76. The Labute approximate surface area is 215 Å². The van der Waals surface area contributed by atoms with E-state index in [1.54, 1.807) is 13.0 Å². The van der Waals surface area contributed by atoms with Crippen LogP contribution in [-0.2, 0) is 30.3 Å². The highest BCUT2D eigenvalue weighted by atomic mass is 16.5. The molecule has 3 atom stereocenters. The fraction of sp³-hybridized carbons (Fsp3) is 0.536. The highest BCUT2D eigenvalue weighted by Gasteiger charge is 2.24. The van der Waals surface area contributed by atoms with Crippen molar-refractivity contribution in [1.82, 2.24) is 10.6 Å². The number of amides is 2. The first kappa shape index (κ1) is 31.1. The minimum absolute atomic E-state index is 0.00676. The molecule has 0 aliphatic heterocycles. The highest BCUT2D eigenvalue weighted by molar-refractivity contribution is 5.86. The predicted molar refractivity (Wildman–Crippen MR) is 140 cm³/mol. The number of nitrogens with one attached hydrogen (secondary N) is 2. The molecule has 2 amide bonds. The number of unbranched alkanes of at least 4 members (excludes halogenated alkanes) is 1. The smallest absolute Gasteiger partial charge is 0.309 e. The van der Waals surface area contributed by atoms with Gasteiger partial charge in [0.05, 0.1) is 37.7 Å². The Kier molecular flexibility index (Phi) is 16.6. The van der Waals surface area contributed by atoms with Crippen molar-refractivity contribution < 1.29 is 29.0 Å². The van der Waals surface area contributed by atoms with Crippen molar-refractivity contribution in [1.29, 1.82) is 0 Å². The molecule has 0 aliphatic rings. The number of esters is 1. The van der Waals surface area contributed by atoms with Crippen molar-refractivity contribution in [3.63, 3.8) is 0 Å². The SMILES string of the molecule is C=CCCC[C@H](Cc1ccccc1)C(=O)OC[C@H](C)NC(=O)[C@@H](CC=C)CC(=O)NCCOCCO. The maximum atomic E-state index is 12.8. The van der Waals surface area contributed by atoms with Crippen LogP contribution in [0.15, 0.2) is 55.6 Å². The Morgan fingerprint density at radius 1 is 1.08 bits per heavy atom. The summed E-state index contributed by atoms with van der Waals surface area (Å²) in [5.74, 6) is -1.70. The number of allylic oxidation sites excluding steroid dienone is 2. The first-order chi connectivity index (χ1) is 17.4. The molecule has 8 nitrogen and oxygen atoms in total. The van der Waals surface area contributed by atoms with Gasteiger partial charge in [0.2, 0.25) is 11.8 Å². The van der Waals surface area contributed by atoms with Gasteiger partial charge in [-0.1, -0.05) is 42.5 Å². The second-order valence-electron chi connectivity index (χ2n) is 8.76. The van der Waals surface area contributed by atoms with E-state index in [0.717, 1.165) is 18.4 Å². The van der Waals surface area contributed by atoms with Gasteiger partial charge in [0.25, 0.3) is 0 Å². The molecule has 0 aliphatic carbocycles. The van der Waals surface area contributed by atoms with Crippen LogP contribution in [0.1, 0.15) is 44.6 Å². The maximum absolute atomic E-state index is 12.8. The number of carbonyl (C=O) groups excluding carboxylic acids is 3. The first-order valence-electron chi connectivity index (χ1n) is 12.6. The topological polar surface area (TPSA) is 114 Å². The van der Waals surface area contributed by atoms with Gasteiger partial charge >= 0.3 is 5.97 Å². The van der Waals surface area contributed by atoms with Crippen LogP contribution in [-0.4, -0.2) is 61.9 Å². The molecule has 0 spiro atoms. The molecule has 0 unspecified atom stereocenters. The largest absolute Gasteiger partial charge is 0.463 e. The van der Waals surface area contributed by atoms with E-state index in [9.17, 15) is 14.4 Å². The zero-order valence-electron chi connectivity index (χ0n) is 21.5. The average molecular weight is 503 g/mol. The Hall–Kier alpha value is -2.97. The highest BCUT2D eigenvalue weighted by Crippen LogP contribution is 2.18. The van der Waals surface area contributed by atoms with Crippen molar-refractivity contribution in [3.8, 4) is 0 Å². The standard InChI is InChI=1S/C28H42N2O6/c1-4-6-8-14-25(19-23-12-9-7-10-13-23)28(34)36-21-22(3)30-27(33)24(11-5-2)20-26(32)29-15-17-35-18-16-31/h4-5,7,9-10,12-13,22,24-25,31H,1-2,6,8,11,14-21H2,3H3,(H,29,32)(H,30,33)/t22-,24-,25+/m0/s1. The van der Waals surface area contributed by atoms with Crippen LogP contribution in [0.3, 0.4) is 0 Å². The number of benzene rings is 1. The van der Waals surface area contributed by atoms with E-state index >= 15 is 0 Å². The molecule has 0 saturated carbocycles. The number of ether oxygens (including phenoxy) is 2. The summed E-state index contributed by atoms with van der Waals surface area (Å²) in [6, 6.07) is 9.42. The molecular formula is C28H42N2O6. The van der Waals surface area contributed by atoms with E-state index < -0.39 is 12.0 Å². The molecule has 0 fully saturated rings. The van der Waals surface area contributed by atoms with Crippen LogP contribution in [0.5, 0.6) is 0 Å². The molecule has 36 heavy (non-hydrogen) atoms. The van der Waals surface area contributed by atoms with E-state index in [-0.39, 0.29) is 56.5 Å². The van der Waals surface area contributed by atoms with Crippen LogP contribution in [0.25, 0.3) is 0 Å². The van der Waals surface area contributed by atoms with Crippen LogP contribution in [0.2, 0.25) is 0 Å². The monoisotopic (exact) mass is 502 g/mol. The molecule has 8 heteroatoms. The quantitative estimate of drug-likeness (QED) is 0.144. The lowest BCUT2D eigenvalue weighted by Gasteiger charge is -2.21. The third kappa shape index (κ3) is 13.8. The number of hydrogen-bond donors (Lipinski definition) is 3. The lowest BCUT2D eigenvalue weighted by atomic mass is 9.94. The summed E-state index contributed by atoms with van der Waals surface area (Å²) in [5, 5.41) is 14.2. The third-order valence-corrected chi connectivity index (χ3v) is 5.54. The van der Waals surface area contributed by atoms with Crippen LogP contribution in [0.4, 0.5) is 0 Å². The van der Waals surface area contributed by atoms with E-state index in [1.165, 1.54) is 0 Å². The molecule has 1 aromatic rings. The molecule has 0 radical (unpaired) electrons. The van der Waals surface area contributed by atoms with E-state index in [4.69, 9.17) is 14.6 Å². The van der Waals surface area contributed by atoms with E-state index in [1.807, 2.05) is 36.4 Å². The molecular weight excluding hydrogens is 460 g/mol. The Bertz CT molecular complexity index is 798. The molecule has 0 bridgehead atoms. The van der Waals surface area contributed by atoms with Gasteiger partial charge in [-0.2, -0.15) is 0 Å². The van der Waals surface area contributed by atoms with Gasteiger partial charge < -0.3 is 25.2 Å². The number of hydrogen-bond acceptors (Lipinski definition) is 6. The zero-order chi connectivity index (χ0) is 26.6. The Balaban J connectivity index is 2.54. The fourth-order valence-corrected chi connectivity index (χ4v) is 3.65. The van der Waals surface area contributed by atoms with Gasteiger partial charge in [0.15, 0.2) is 0 Å². The first-order valence-corrected chi connectivity index (χ1v) is 12.6. The van der Waals surface area contributed by atoms with Crippen molar-refractivity contribution in [2.75, 3.05) is 33.0 Å². The number of rotatable bonds is 20. The van der Waals surface area contributed by atoms with Crippen molar-refractivity contribution >= 4 is 17.8 Å². The second kappa shape index (κ2) is 19.2. The van der Waals surface area contributed by atoms with E-state index in [0.29, 0.717) is 25.8 Å². The lowest BCUT2D eigenvalue weighted by molar-refractivity contribution is -0.150. The number of carbonyl (C=O) groups is 3. The zero-order valence-corrected chi connectivity index (χ0v) is 21.5. The van der Waals surface area contributed by atoms with Crippen LogP contribution >= 0.6 is 0 Å². The lowest BCUT2D eigenvalue weighted by Crippen LogP contribution is -2.42. The summed E-state index contributed by atoms with van der Waals surface area (Å²) in [7, 11) is 0. The molecule has 0 heterocycles. The molecule has 0 aromatic heterocycles. The summed E-state index contributed by atoms with van der Waals surface area (Å²) in [5.41, 5.74) is 1.07. The fourth-order valence-electron chi connectivity index (χ4n) is 3.65. The molecule has 1 aromatic carbocycles. The normalized spacial score (nSPS) is 13.2. The van der Waals surface area contributed by atoms with Crippen LogP contribution in [0, 0.1) is 11.8 Å². The van der Waals surface area contributed by atoms with E-state index in [2.05, 4.69) is 23.8 Å². The van der Waals surface area contributed by atoms with Gasteiger partial charge in [-0.05, 0) is 44.6 Å². The van der Waals surface area contributed by atoms with Crippen molar-refractivity contribution in [3.05, 3.63) is 61.2 Å². The minimum Gasteiger partial charge on any atom is -0.463 e. The third-order valence-electron chi connectivity index (χ3n) is 5.54. The summed E-state index contributed by atoms with van der Waals surface area (Å²) in [6.07, 6.45) is 6.76. The summed E-state index contributed by atoms with van der Waals surface area (Å²) >= 11 is 0. The maximum Gasteiger partial charge on any atom is 0.309 e. The van der Waals surface area contributed by atoms with Crippen molar-refractivity contribution in [2.45, 2.75) is 51.5 Å². The summed E-state index contributed by atoms with van der Waals surface area (Å²) < 4.78 is 10.7. The minimum atomic E-state index is -0.580. The molecule has 200 valence electrons. The average Bonchev–Trinajstić information content (AvgIpc) is 2.87. The summed E-state index contributed by atoms with van der Waals surface area (Å²) in [6.45, 7) is 9.94. The Morgan fingerprint density at radius 3 is 2.50 bits per heavy atom. The molecule has 3 N–H and O–H groups in total. The van der Waals surface area contributed by atoms with Crippen LogP contribution < -0.4 is 10.6 Å². The Morgan fingerprint density at radius 2 is 1.83 bits per heavy atom. The van der Waals surface area contributed by atoms with Gasteiger partial charge in [0, 0.05) is 13.0 Å². The predicted octanol–water partition coefficient (Wildman–Crippen LogP) is 2.96. The van der Waals surface area contributed by atoms with Gasteiger partial charge in [-0.3, -0.25) is 14.4 Å². The number of aliphatic hydroxyl groups is 1. The number of aliphatic hydroxyl groups excluding tert-OH is 1. The summed E-state index contributed by atoms with van der Waals surface area (Å²) in [4.78, 5) is 37.8. The van der Waals surface area contributed by atoms with Gasteiger partial charge in [-0.15, -0.1) is 13.2 Å².